The predicted molar refractivity (Wildman–Crippen MR) is 84.5 cm³/mol. The fourth-order valence-corrected chi connectivity index (χ4v) is 3.03. The highest BCUT2D eigenvalue weighted by Gasteiger charge is 2.42. The largest absolute Gasteiger partial charge is 0.396 e. The fourth-order valence-electron chi connectivity index (χ4n) is 1.98. The molecule has 0 bridgehead atoms. The van der Waals surface area contributed by atoms with E-state index in [4.69, 9.17) is 0 Å². The monoisotopic (exact) mass is 311 g/mol. The SMILES string of the molecule is CC(NC(=O)NCC1(CO)CC1)c1nc(C(C)(C)C)cs1. The van der Waals surface area contributed by atoms with Crippen molar-refractivity contribution in [2.24, 2.45) is 5.41 Å². The van der Waals surface area contributed by atoms with Crippen LogP contribution in [0.15, 0.2) is 5.38 Å². The number of carbonyl (C=O) groups is 1. The second kappa shape index (κ2) is 5.93. The molecule has 1 aliphatic rings. The van der Waals surface area contributed by atoms with Gasteiger partial charge >= 0.3 is 6.03 Å². The Labute approximate surface area is 130 Å². The van der Waals surface area contributed by atoms with Crippen LogP contribution in [0.1, 0.15) is 57.3 Å². The van der Waals surface area contributed by atoms with E-state index < -0.39 is 0 Å². The topological polar surface area (TPSA) is 74.2 Å². The number of carbonyl (C=O) groups excluding carboxylic acids is 1. The third-order valence-electron chi connectivity index (χ3n) is 3.92. The maximum absolute atomic E-state index is 11.9. The summed E-state index contributed by atoms with van der Waals surface area (Å²) in [4.78, 5) is 16.5. The van der Waals surface area contributed by atoms with Crippen molar-refractivity contribution < 1.29 is 9.90 Å². The van der Waals surface area contributed by atoms with Crippen LogP contribution in [0, 0.1) is 5.41 Å². The number of rotatable bonds is 5. The summed E-state index contributed by atoms with van der Waals surface area (Å²) in [5.74, 6) is 0. The third kappa shape index (κ3) is 4.17. The number of hydrogen-bond donors (Lipinski definition) is 3. The van der Waals surface area contributed by atoms with E-state index in [0.717, 1.165) is 23.5 Å². The van der Waals surface area contributed by atoms with E-state index in [9.17, 15) is 9.90 Å². The average Bonchev–Trinajstić information content (AvgIpc) is 2.99. The van der Waals surface area contributed by atoms with E-state index >= 15 is 0 Å². The van der Waals surface area contributed by atoms with Crippen molar-refractivity contribution in [2.75, 3.05) is 13.2 Å². The summed E-state index contributed by atoms with van der Waals surface area (Å²) in [6.45, 7) is 8.99. The van der Waals surface area contributed by atoms with Crippen molar-refractivity contribution in [3.63, 3.8) is 0 Å². The molecule has 1 heterocycles. The summed E-state index contributed by atoms with van der Waals surface area (Å²) in [5, 5.41) is 17.9. The van der Waals surface area contributed by atoms with Gasteiger partial charge in [-0.1, -0.05) is 20.8 Å². The third-order valence-corrected chi connectivity index (χ3v) is 4.95. The van der Waals surface area contributed by atoms with Crippen LogP contribution in [0.25, 0.3) is 0 Å². The zero-order valence-corrected chi connectivity index (χ0v) is 14.0. The molecule has 2 amide bonds. The molecule has 3 N–H and O–H groups in total. The van der Waals surface area contributed by atoms with E-state index in [-0.39, 0.29) is 29.5 Å². The molecule has 21 heavy (non-hydrogen) atoms. The zero-order chi connectivity index (χ0) is 15.7. The molecule has 6 heteroatoms. The molecule has 1 fully saturated rings. The Kier molecular flexibility index (Phi) is 4.58. The van der Waals surface area contributed by atoms with Crippen molar-refractivity contribution in [3.05, 3.63) is 16.1 Å². The first-order valence-corrected chi connectivity index (χ1v) is 8.25. The summed E-state index contributed by atoms with van der Waals surface area (Å²) in [5.41, 5.74) is 1.01. The van der Waals surface area contributed by atoms with Crippen LogP contribution in [0.3, 0.4) is 0 Å². The lowest BCUT2D eigenvalue weighted by Crippen LogP contribution is -2.40. The minimum atomic E-state index is -0.199. The summed E-state index contributed by atoms with van der Waals surface area (Å²) >= 11 is 1.57. The molecule has 1 saturated carbocycles. The maximum Gasteiger partial charge on any atom is 0.315 e. The molecule has 0 radical (unpaired) electrons. The van der Waals surface area contributed by atoms with Crippen LogP contribution >= 0.6 is 11.3 Å². The van der Waals surface area contributed by atoms with Crippen LogP contribution in [0.4, 0.5) is 4.79 Å². The number of nitrogens with zero attached hydrogens (tertiary/aromatic N) is 1. The standard InChI is InChI=1S/C15H25N3O2S/c1-10(12-18-11(7-21-12)14(2,3)4)17-13(20)16-8-15(9-19)5-6-15/h7,10,19H,5-6,8-9H2,1-4H3,(H2,16,17,20). The fraction of sp³-hybridized carbons (Fsp3) is 0.733. The van der Waals surface area contributed by atoms with Gasteiger partial charge < -0.3 is 15.7 Å². The number of thiazole rings is 1. The van der Waals surface area contributed by atoms with Gasteiger partial charge in [0, 0.05) is 22.8 Å². The molecule has 0 aliphatic heterocycles. The van der Waals surface area contributed by atoms with Gasteiger partial charge in [-0.05, 0) is 19.8 Å². The molecule has 0 aromatic carbocycles. The first kappa shape index (κ1) is 16.2. The molecule has 1 aromatic rings. The number of aromatic nitrogens is 1. The van der Waals surface area contributed by atoms with Gasteiger partial charge in [0.05, 0.1) is 18.3 Å². The highest BCUT2D eigenvalue weighted by Crippen LogP contribution is 2.44. The number of aliphatic hydroxyl groups excluding tert-OH is 1. The Morgan fingerprint density at radius 3 is 2.67 bits per heavy atom. The van der Waals surface area contributed by atoms with Crippen molar-refractivity contribution in [1.82, 2.24) is 15.6 Å². The maximum atomic E-state index is 11.9. The lowest BCUT2D eigenvalue weighted by atomic mass is 9.93. The number of aliphatic hydroxyl groups is 1. The zero-order valence-electron chi connectivity index (χ0n) is 13.2. The van der Waals surface area contributed by atoms with Crippen LogP contribution in [-0.2, 0) is 5.41 Å². The van der Waals surface area contributed by atoms with Gasteiger partial charge in [-0.2, -0.15) is 0 Å². The van der Waals surface area contributed by atoms with E-state index in [2.05, 4.69) is 41.8 Å². The second-order valence-corrected chi connectivity index (χ2v) is 7.92. The summed E-state index contributed by atoms with van der Waals surface area (Å²) in [6, 6.07) is -0.315. The molecule has 5 nitrogen and oxygen atoms in total. The highest BCUT2D eigenvalue weighted by atomic mass is 32.1. The van der Waals surface area contributed by atoms with Gasteiger partial charge in [-0.3, -0.25) is 0 Å². The average molecular weight is 311 g/mol. The van der Waals surface area contributed by atoms with Gasteiger partial charge in [0.2, 0.25) is 0 Å². The molecule has 0 saturated heterocycles. The predicted octanol–water partition coefficient (Wildman–Crippen LogP) is 2.57. The van der Waals surface area contributed by atoms with Crippen LogP contribution in [0.5, 0.6) is 0 Å². The molecular formula is C15H25N3O2S. The molecule has 1 atom stereocenters. The summed E-state index contributed by atoms with van der Waals surface area (Å²) < 4.78 is 0. The smallest absolute Gasteiger partial charge is 0.315 e. The number of urea groups is 1. The van der Waals surface area contributed by atoms with Crippen molar-refractivity contribution in [2.45, 2.75) is 52.0 Å². The number of nitrogens with one attached hydrogen (secondary N) is 2. The Morgan fingerprint density at radius 1 is 1.52 bits per heavy atom. The highest BCUT2D eigenvalue weighted by molar-refractivity contribution is 7.09. The van der Waals surface area contributed by atoms with E-state index in [0.29, 0.717) is 6.54 Å². The normalized spacial score (nSPS) is 18.1. The quantitative estimate of drug-likeness (QED) is 0.782. The van der Waals surface area contributed by atoms with Crippen LogP contribution in [0.2, 0.25) is 0 Å². The van der Waals surface area contributed by atoms with Gasteiger partial charge in [-0.25, -0.2) is 9.78 Å². The molecule has 1 aliphatic carbocycles. The summed E-state index contributed by atoms with van der Waals surface area (Å²) in [6.07, 6.45) is 1.97. The van der Waals surface area contributed by atoms with Gasteiger partial charge in [-0.15, -0.1) is 11.3 Å². The Morgan fingerprint density at radius 2 is 2.19 bits per heavy atom. The van der Waals surface area contributed by atoms with Crippen molar-refractivity contribution in [3.8, 4) is 0 Å². The second-order valence-electron chi connectivity index (χ2n) is 7.03. The van der Waals surface area contributed by atoms with Gasteiger partial charge in [0.25, 0.3) is 0 Å². The molecule has 1 unspecified atom stereocenters. The molecule has 1 aromatic heterocycles. The van der Waals surface area contributed by atoms with Crippen LogP contribution < -0.4 is 10.6 Å². The van der Waals surface area contributed by atoms with E-state index in [1.165, 1.54) is 0 Å². The summed E-state index contributed by atoms with van der Waals surface area (Å²) in [7, 11) is 0. The lowest BCUT2D eigenvalue weighted by molar-refractivity contribution is 0.202. The first-order valence-electron chi connectivity index (χ1n) is 7.37. The molecule has 118 valence electrons. The number of amides is 2. The lowest BCUT2D eigenvalue weighted by Gasteiger charge is -2.17. The van der Waals surface area contributed by atoms with Gasteiger partial charge in [0.15, 0.2) is 0 Å². The minimum Gasteiger partial charge on any atom is -0.396 e. The number of hydrogen-bond acceptors (Lipinski definition) is 4. The van der Waals surface area contributed by atoms with Gasteiger partial charge in [0.1, 0.15) is 5.01 Å². The Bertz CT molecular complexity index is 503. The minimum absolute atomic E-state index is 0.0240. The van der Waals surface area contributed by atoms with E-state index in [1.807, 2.05) is 6.92 Å². The van der Waals surface area contributed by atoms with Crippen molar-refractivity contribution in [1.29, 1.82) is 0 Å². The van der Waals surface area contributed by atoms with Crippen molar-refractivity contribution >= 4 is 17.4 Å². The van der Waals surface area contributed by atoms with E-state index in [1.54, 1.807) is 11.3 Å². The first-order chi connectivity index (χ1) is 9.76. The molecule has 2 rings (SSSR count). The van der Waals surface area contributed by atoms with Crippen LogP contribution in [-0.4, -0.2) is 29.3 Å². The Hall–Kier alpha value is -1.14. The molecular weight excluding hydrogens is 286 g/mol. The molecule has 0 spiro atoms. The Balaban J connectivity index is 1.84.